The number of rotatable bonds is 5. The van der Waals surface area contributed by atoms with Crippen LogP contribution in [-0.4, -0.2) is 25.8 Å². The molecule has 1 aliphatic rings. The summed E-state index contributed by atoms with van der Waals surface area (Å²) in [5.41, 5.74) is 1.74. The fourth-order valence-corrected chi connectivity index (χ4v) is 2.13. The van der Waals surface area contributed by atoms with Crippen LogP contribution in [0.3, 0.4) is 0 Å². The van der Waals surface area contributed by atoms with Gasteiger partial charge in [-0.25, -0.2) is 0 Å². The average molecular weight is 272 g/mol. The molecule has 106 valence electrons. The predicted molar refractivity (Wildman–Crippen MR) is 70.3 cm³/mol. The molecule has 0 spiro atoms. The minimum absolute atomic E-state index is 0.0502. The zero-order valence-electron chi connectivity index (χ0n) is 11.2. The van der Waals surface area contributed by atoms with Crippen LogP contribution in [0.2, 0.25) is 0 Å². The van der Waals surface area contributed by atoms with Crippen LogP contribution in [0.4, 0.5) is 18.9 Å². The van der Waals surface area contributed by atoms with E-state index in [1.807, 2.05) is 26.1 Å². The third-order valence-electron chi connectivity index (χ3n) is 3.50. The van der Waals surface area contributed by atoms with Gasteiger partial charge >= 0.3 is 6.18 Å². The van der Waals surface area contributed by atoms with Gasteiger partial charge in [-0.3, -0.25) is 0 Å². The van der Waals surface area contributed by atoms with Gasteiger partial charge in [-0.15, -0.1) is 0 Å². The number of nitrogens with one attached hydrogen (secondary N) is 1. The molecule has 2 nitrogen and oxygen atoms in total. The van der Waals surface area contributed by atoms with Crippen molar-refractivity contribution < 1.29 is 13.2 Å². The molecule has 0 aromatic heterocycles. The van der Waals surface area contributed by atoms with Crippen LogP contribution in [0, 0.1) is 0 Å². The van der Waals surface area contributed by atoms with Crippen molar-refractivity contribution in [2.45, 2.75) is 38.0 Å². The first-order chi connectivity index (χ1) is 8.90. The van der Waals surface area contributed by atoms with E-state index in [0.29, 0.717) is 5.69 Å². The lowest BCUT2D eigenvalue weighted by molar-refractivity contribution is -0.120. The minimum Gasteiger partial charge on any atom is -0.360 e. The number of nitrogens with zero attached hydrogens (tertiary/aromatic N) is 1. The van der Waals surface area contributed by atoms with E-state index in [-0.39, 0.29) is 12.1 Å². The highest BCUT2D eigenvalue weighted by Crippen LogP contribution is 2.34. The molecule has 1 saturated carbocycles. The molecule has 1 atom stereocenters. The molecule has 1 unspecified atom stereocenters. The average Bonchev–Trinajstić information content (AvgIpc) is 3.18. The van der Waals surface area contributed by atoms with Crippen molar-refractivity contribution in [3.8, 4) is 0 Å². The Labute approximate surface area is 111 Å². The smallest absolute Gasteiger partial charge is 0.360 e. The van der Waals surface area contributed by atoms with Crippen LogP contribution in [0.5, 0.6) is 0 Å². The summed E-state index contributed by atoms with van der Waals surface area (Å²) in [6.07, 6.45) is -2.45. The molecule has 5 heteroatoms. The molecule has 0 aliphatic heterocycles. The summed E-state index contributed by atoms with van der Waals surface area (Å²) >= 11 is 0. The fourth-order valence-electron chi connectivity index (χ4n) is 2.13. The molecule has 1 aromatic rings. The van der Waals surface area contributed by atoms with Crippen molar-refractivity contribution >= 4 is 5.69 Å². The fraction of sp³-hybridized carbons (Fsp3) is 0.571. The third kappa shape index (κ3) is 3.86. The second-order valence-corrected chi connectivity index (χ2v) is 5.08. The van der Waals surface area contributed by atoms with E-state index in [1.165, 1.54) is 4.90 Å². The van der Waals surface area contributed by atoms with Crippen LogP contribution >= 0.6 is 0 Å². The zero-order chi connectivity index (χ0) is 14.0. The molecule has 1 fully saturated rings. The number of hydrogen-bond acceptors (Lipinski definition) is 2. The van der Waals surface area contributed by atoms with E-state index in [4.69, 9.17) is 0 Å². The van der Waals surface area contributed by atoms with E-state index in [1.54, 1.807) is 12.1 Å². The lowest BCUT2D eigenvalue weighted by Gasteiger charge is -2.26. The Morgan fingerprint density at radius 2 is 1.84 bits per heavy atom. The van der Waals surface area contributed by atoms with Gasteiger partial charge in [-0.2, -0.15) is 13.2 Å². The molecule has 1 aromatic carbocycles. The summed E-state index contributed by atoms with van der Waals surface area (Å²) in [5.74, 6) is 0. The van der Waals surface area contributed by atoms with Crippen LogP contribution in [0.1, 0.15) is 31.4 Å². The predicted octanol–water partition coefficient (Wildman–Crippen LogP) is 3.50. The van der Waals surface area contributed by atoms with Gasteiger partial charge in [0.15, 0.2) is 0 Å². The SMILES string of the molecule is CNC(C)c1ccc(N(CC(F)(F)F)C2CC2)cc1. The second kappa shape index (κ2) is 5.41. The molecule has 1 aliphatic carbocycles. The molecular formula is C14H19F3N2. The maximum Gasteiger partial charge on any atom is 0.405 e. The van der Waals surface area contributed by atoms with Crippen molar-refractivity contribution in [1.82, 2.24) is 5.32 Å². The highest BCUT2D eigenvalue weighted by atomic mass is 19.4. The Balaban J connectivity index is 2.13. The Kier molecular flexibility index (Phi) is 4.04. The third-order valence-corrected chi connectivity index (χ3v) is 3.50. The van der Waals surface area contributed by atoms with Crippen LogP contribution in [-0.2, 0) is 0 Å². The molecule has 0 bridgehead atoms. The van der Waals surface area contributed by atoms with E-state index in [0.717, 1.165) is 18.4 Å². The van der Waals surface area contributed by atoms with Crippen LogP contribution in [0.15, 0.2) is 24.3 Å². The first-order valence-electron chi connectivity index (χ1n) is 6.51. The van der Waals surface area contributed by atoms with Gasteiger partial charge < -0.3 is 10.2 Å². The molecule has 0 radical (unpaired) electrons. The van der Waals surface area contributed by atoms with Crippen molar-refractivity contribution in [3.05, 3.63) is 29.8 Å². The molecular weight excluding hydrogens is 253 g/mol. The Morgan fingerprint density at radius 3 is 2.26 bits per heavy atom. The van der Waals surface area contributed by atoms with Gasteiger partial charge in [0.1, 0.15) is 6.54 Å². The standard InChI is InChI=1S/C14H19F3N2/c1-10(18-2)11-3-5-12(6-4-11)19(13-7-8-13)9-14(15,16)17/h3-6,10,13,18H,7-9H2,1-2H3. The summed E-state index contributed by atoms with van der Waals surface area (Å²) in [6.45, 7) is 1.15. The monoisotopic (exact) mass is 272 g/mol. The summed E-state index contributed by atoms with van der Waals surface area (Å²) in [7, 11) is 1.86. The summed E-state index contributed by atoms with van der Waals surface area (Å²) in [6, 6.07) is 7.60. The van der Waals surface area contributed by atoms with Gasteiger partial charge in [-0.1, -0.05) is 12.1 Å². The maximum atomic E-state index is 12.6. The highest BCUT2D eigenvalue weighted by Gasteiger charge is 2.38. The second-order valence-electron chi connectivity index (χ2n) is 5.08. The highest BCUT2D eigenvalue weighted by molar-refractivity contribution is 5.50. The molecule has 19 heavy (non-hydrogen) atoms. The first kappa shape index (κ1) is 14.2. The molecule has 2 rings (SSSR count). The number of hydrogen-bond donors (Lipinski definition) is 1. The molecule has 1 N–H and O–H groups in total. The number of halogens is 3. The quantitative estimate of drug-likeness (QED) is 0.882. The van der Waals surface area contributed by atoms with E-state index in [2.05, 4.69) is 5.32 Å². The molecule has 0 heterocycles. The molecule has 0 saturated heterocycles. The Morgan fingerprint density at radius 1 is 1.26 bits per heavy atom. The van der Waals surface area contributed by atoms with Gasteiger partial charge in [0.25, 0.3) is 0 Å². The van der Waals surface area contributed by atoms with Crippen molar-refractivity contribution in [3.63, 3.8) is 0 Å². The molecule has 0 amide bonds. The first-order valence-corrected chi connectivity index (χ1v) is 6.51. The largest absolute Gasteiger partial charge is 0.405 e. The van der Waals surface area contributed by atoms with Gasteiger partial charge in [0.2, 0.25) is 0 Å². The van der Waals surface area contributed by atoms with E-state index >= 15 is 0 Å². The van der Waals surface area contributed by atoms with Crippen molar-refractivity contribution in [2.75, 3.05) is 18.5 Å². The van der Waals surface area contributed by atoms with Gasteiger partial charge in [0, 0.05) is 17.8 Å². The van der Waals surface area contributed by atoms with E-state index < -0.39 is 12.7 Å². The van der Waals surface area contributed by atoms with Crippen molar-refractivity contribution in [2.24, 2.45) is 0 Å². The topological polar surface area (TPSA) is 15.3 Å². The summed E-state index contributed by atoms with van der Waals surface area (Å²) in [4.78, 5) is 1.47. The number of alkyl halides is 3. The van der Waals surface area contributed by atoms with Crippen LogP contribution in [0.25, 0.3) is 0 Å². The number of anilines is 1. The Bertz CT molecular complexity index is 410. The maximum absolute atomic E-state index is 12.6. The Hall–Kier alpha value is -1.23. The lowest BCUT2D eigenvalue weighted by Crippen LogP contribution is -2.35. The van der Waals surface area contributed by atoms with Crippen molar-refractivity contribution in [1.29, 1.82) is 0 Å². The normalized spacial score (nSPS) is 17.3. The van der Waals surface area contributed by atoms with Gasteiger partial charge in [0.05, 0.1) is 0 Å². The summed E-state index contributed by atoms with van der Waals surface area (Å²) in [5, 5.41) is 3.11. The minimum atomic E-state index is -4.15. The lowest BCUT2D eigenvalue weighted by atomic mass is 10.1. The zero-order valence-corrected chi connectivity index (χ0v) is 11.2. The van der Waals surface area contributed by atoms with E-state index in [9.17, 15) is 13.2 Å². The summed E-state index contributed by atoms with van der Waals surface area (Å²) < 4.78 is 37.8. The van der Waals surface area contributed by atoms with Crippen LogP contribution < -0.4 is 10.2 Å². The number of benzene rings is 1. The van der Waals surface area contributed by atoms with Gasteiger partial charge in [-0.05, 0) is 44.5 Å².